The fraction of sp³-hybridized carbons (Fsp3) is 0.500. The second-order valence-electron chi connectivity index (χ2n) is 4.20. The molecule has 0 radical (unpaired) electrons. The van der Waals surface area contributed by atoms with Crippen LogP contribution < -0.4 is 4.74 Å². The van der Waals surface area contributed by atoms with Crippen molar-refractivity contribution >= 4 is 5.78 Å². The van der Waals surface area contributed by atoms with Crippen LogP contribution >= 0.6 is 0 Å². The number of methoxy groups -OCH3 is 1. The molecule has 0 amide bonds. The Morgan fingerprint density at radius 2 is 1.94 bits per heavy atom. The first kappa shape index (κ1) is 12.8. The lowest BCUT2D eigenvalue weighted by Crippen LogP contribution is -2.02. The van der Waals surface area contributed by atoms with E-state index in [2.05, 4.69) is 13.8 Å². The molecule has 0 bridgehead atoms. The number of rotatable bonds is 6. The fourth-order valence-corrected chi connectivity index (χ4v) is 1.50. The molecule has 1 aromatic rings. The number of hydrogen-bond acceptors (Lipinski definition) is 2. The standard InChI is InChI=1S/C14H20O2/c1-4-11(2)5-10-14(15)12-6-8-13(16-3)9-7-12/h6-9,11H,4-5,10H2,1-3H3. The first-order chi connectivity index (χ1) is 7.67. The zero-order valence-electron chi connectivity index (χ0n) is 10.3. The first-order valence-electron chi connectivity index (χ1n) is 5.84. The summed E-state index contributed by atoms with van der Waals surface area (Å²) in [6.07, 6.45) is 2.75. The van der Waals surface area contributed by atoms with Crippen LogP contribution in [0.2, 0.25) is 0 Å². The van der Waals surface area contributed by atoms with Gasteiger partial charge in [-0.05, 0) is 36.6 Å². The van der Waals surface area contributed by atoms with E-state index in [1.807, 2.05) is 24.3 Å². The van der Waals surface area contributed by atoms with Gasteiger partial charge in [-0.2, -0.15) is 0 Å². The van der Waals surface area contributed by atoms with Gasteiger partial charge in [0, 0.05) is 12.0 Å². The van der Waals surface area contributed by atoms with E-state index in [0.717, 1.165) is 24.2 Å². The molecule has 0 spiro atoms. The average Bonchev–Trinajstić information content (AvgIpc) is 2.35. The van der Waals surface area contributed by atoms with Crippen molar-refractivity contribution in [3.05, 3.63) is 29.8 Å². The maximum Gasteiger partial charge on any atom is 0.162 e. The van der Waals surface area contributed by atoms with Gasteiger partial charge < -0.3 is 4.74 Å². The summed E-state index contributed by atoms with van der Waals surface area (Å²) in [4.78, 5) is 11.8. The minimum atomic E-state index is 0.225. The smallest absolute Gasteiger partial charge is 0.162 e. The minimum Gasteiger partial charge on any atom is -0.497 e. The maximum absolute atomic E-state index is 11.8. The van der Waals surface area contributed by atoms with Crippen molar-refractivity contribution in [1.29, 1.82) is 0 Å². The van der Waals surface area contributed by atoms with Crippen molar-refractivity contribution in [1.82, 2.24) is 0 Å². The van der Waals surface area contributed by atoms with Crippen LogP contribution in [0.25, 0.3) is 0 Å². The van der Waals surface area contributed by atoms with Gasteiger partial charge in [-0.1, -0.05) is 20.3 Å². The molecule has 0 aliphatic rings. The van der Waals surface area contributed by atoms with Crippen LogP contribution in [0.15, 0.2) is 24.3 Å². The Kier molecular flexibility index (Phi) is 5.03. The molecule has 0 heterocycles. The molecular weight excluding hydrogens is 200 g/mol. The molecule has 2 nitrogen and oxygen atoms in total. The number of ketones is 1. The van der Waals surface area contributed by atoms with Crippen molar-refractivity contribution in [3.63, 3.8) is 0 Å². The number of ether oxygens (including phenoxy) is 1. The zero-order valence-corrected chi connectivity index (χ0v) is 10.3. The molecule has 0 fully saturated rings. The van der Waals surface area contributed by atoms with Crippen LogP contribution in [0.5, 0.6) is 5.75 Å². The van der Waals surface area contributed by atoms with Crippen LogP contribution in [0.3, 0.4) is 0 Å². The third kappa shape index (κ3) is 3.69. The van der Waals surface area contributed by atoms with Gasteiger partial charge in [-0.25, -0.2) is 0 Å². The molecule has 0 saturated carbocycles. The van der Waals surface area contributed by atoms with Crippen LogP contribution in [-0.4, -0.2) is 12.9 Å². The Morgan fingerprint density at radius 3 is 2.44 bits per heavy atom. The average molecular weight is 220 g/mol. The third-order valence-electron chi connectivity index (χ3n) is 2.97. The third-order valence-corrected chi connectivity index (χ3v) is 2.97. The molecule has 1 aromatic carbocycles. The highest BCUT2D eigenvalue weighted by Gasteiger charge is 2.07. The van der Waals surface area contributed by atoms with Gasteiger partial charge in [0.1, 0.15) is 5.75 Å². The second kappa shape index (κ2) is 6.31. The summed E-state index contributed by atoms with van der Waals surface area (Å²) < 4.78 is 5.05. The summed E-state index contributed by atoms with van der Waals surface area (Å²) in [7, 11) is 1.62. The number of carbonyl (C=O) groups excluding carboxylic acids is 1. The molecule has 2 heteroatoms. The van der Waals surface area contributed by atoms with E-state index in [1.165, 1.54) is 0 Å². The molecule has 1 rings (SSSR count). The van der Waals surface area contributed by atoms with Crippen molar-refractivity contribution in [2.75, 3.05) is 7.11 Å². The minimum absolute atomic E-state index is 0.225. The van der Waals surface area contributed by atoms with E-state index in [9.17, 15) is 4.79 Å². The molecule has 0 N–H and O–H groups in total. The maximum atomic E-state index is 11.8. The lowest BCUT2D eigenvalue weighted by Gasteiger charge is -2.07. The van der Waals surface area contributed by atoms with Gasteiger partial charge >= 0.3 is 0 Å². The fourth-order valence-electron chi connectivity index (χ4n) is 1.50. The highest BCUT2D eigenvalue weighted by atomic mass is 16.5. The van der Waals surface area contributed by atoms with Crippen molar-refractivity contribution in [2.45, 2.75) is 33.1 Å². The van der Waals surface area contributed by atoms with Gasteiger partial charge in [0.25, 0.3) is 0 Å². The second-order valence-corrected chi connectivity index (χ2v) is 4.20. The predicted octanol–water partition coefficient (Wildman–Crippen LogP) is 3.70. The summed E-state index contributed by atoms with van der Waals surface area (Å²) in [5, 5.41) is 0. The molecule has 0 saturated heterocycles. The lowest BCUT2D eigenvalue weighted by atomic mass is 9.98. The molecule has 1 unspecified atom stereocenters. The van der Waals surface area contributed by atoms with E-state index < -0.39 is 0 Å². The molecular formula is C14H20O2. The topological polar surface area (TPSA) is 26.3 Å². The molecule has 0 aliphatic carbocycles. The molecule has 0 aliphatic heterocycles. The van der Waals surface area contributed by atoms with Crippen molar-refractivity contribution in [2.24, 2.45) is 5.92 Å². The summed E-state index contributed by atoms with van der Waals surface area (Å²) in [5.74, 6) is 1.64. The van der Waals surface area contributed by atoms with E-state index in [1.54, 1.807) is 7.11 Å². The molecule has 1 atom stereocenters. The highest BCUT2D eigenvalue weighted by Crippen LogP contribution is 2.16. The van der Waals surface area contributed by atoms with Gasteiger partial charge in [0.05, 0.1) is 7.11 Å². The molecule has 88 valence electrons. The Hall–Kier alpha value is -1.31. The predicted molar refractivity (Wildman–Crippen MR) is 66.0 cm³/mol. The number of benzene rings is 1. The SMILES string of the molecule is CCC(C)CCC(=O)c1ccc(OC)cc1. The first-order valence-corrected chi connectivity index (χ1v) is 5.84. The monoisotopic (exact) mass is 220 g/mol. The Balaban J connectivity index is 2.52. The number of carbonyl (C=O) groups is 1. The number of Topliss-reactive ketones (excluding diaryl/α,β-unsaturated/α-hetero) is 1. The van der Waals surface area contributed by atoms with Crippen LogP contribution in [0, 0.1) is 5.92 Å². The van der Waals surface area contributed by atoms with Crippen LogP contribution in [0.1, 0.15) is 43.5 Å². The van der Waals surface area contributed by atoms with Crippen molar-refractivity contribution < 1.29 is 9.53 Å². The number of hydrogen-bond donors (Lipinski definition) is 0. The summed E-state index contributed by atoms with van der Waals surface area (Å²) in [5.41, 5.74) is 0.782. The normalized spacial score (nSPS) is 12.2. The highest BCUT2D eigenvalue weighted by molar-refractivity contribution is 5.96. The van der Waals surface area contributed by atoms with E-state index in [0.29, 0.717) is 12.3 Å². The lowest BCUT2D eigenvalue weighted by molar-refractivity contribution is 0.0974. The quantitative estimate of drug-likeness (QED) is 0.683. The van der Waals surface area contributed by atoms with Crippen molar-refractivity contribution in [3.8, 4) is 5.75 Å². The van der Waals surface area contributed by atoms with Crippen LogP contribution in [-0.2, 0) is 0 Å². The summed E-state index contributed by atoms with van der Waals surface area (Å²) in [6.45, 7) is 4.34. The zero-order chi connectivity index (χ0) is 12.0. The summed E-state index contributed by atoms with van der Waals surface area (Å²) in [6, 6.07) is 7.32. The van der Waals surface area contributed by atoms with Gasteiger partial charge in [0.2, 0.25) is 0 Å². The Morgan fingerprint density at radius 1 is 1.31 bits per heavy atom. The largest absolute Gasteiger partial charge is 0.497 e. The summed E-state index contributed by atoms with van der Waals surface area (Å²) >= 11 is 0. The molecule has 16 heavy (non-hydrogen) atoms. The molecule has 0 aromatic heterocycles. The van der Waals surface area contributed by atoms with Crippen LogP contribution in [0.4, 0.5) is 0 Å². The Labute approximate surface area is 97.6 Å². The Bertz CT molecular complexity index is 327. The van der Waals surface area contributed by atoms with Gasteiger partial charge in [-0.3, -0.25) is 4.79 Å². The van der Waals surface area contributed by atoms with E-state index >= 15 is 0 Å². The van der Waals surface area contributed by atoms with E-state index in [4.69, 9.17) is 4.74 Å². The van der Waals surface area contributed by atoms with Gasteiger partial charge in [0.15, 0.2) is 5.78 Å². The van der Waals surface area contributed by atoms with E-state index in [-0.39, 0.29) is 5.78 Å². The van der Waals surface area contributed by atoms with Gasteiger partial charge in [-0.15, -0.1) is 0 Å².